The number of hydrogen-bond donors (Lipinski definition) is 0. The Morgan fingerprint density at radius 1 is 1.64 bits per heavy atom. The number of amides is 1. The van der Waals surface area contributed by atoms with Crippen LogP contribution < -0.4 is 0 Å². The minimum absolute atomic E-state index is 0.396. The van der Waals surface area contributed by atoms with Crippen LogP contribution in [0.4, 0.5) is 0 Å². The Morgan fingerprint density at radius 3 is 2.93 bits per heavy atom. The maximum absolute atomic E-state index is 11.2. The van der Waals surface area contributed by atoms with Gasteiger partial charge in [0.15, 0.2) is 0 Å². The largest absolute Gasteiger partial charge is 0.287 e. The number of hydrogen-bond acceptors (Lipinski definition) is 2. The Bertz CT molecular complexity index is 407. The first-order chi connectivity index (χ1) is 6.67. The third-order valence-electron chi connectivity index (χ3n) is 1.75. The number of rotatable bonds is 2. The third kappa shape index (κ3) is 2.31. The van der Waals surface area contributed by atoms with Crippen LogP contribution in [-0.2, 0) is 6.42 Å². The smallest absolute Gasteiger partial charge is 0.249 e. The molecule has 0 unspecified atom stereocenters. The van der Waals surface area contributed by atoms with Crippen molar-refractivity contribution in [3.8, 4) is 0 Å². The zero-order chi connectivity index (χ0) is 10.6. The van der Waals surface area contributed by atoms with Gasteiger partial charge in [0, 0.05) is 21.9 Å². The van der Waals surface area contributed by atoms with Crippen molar-refractivity contribution in [2.24, 2.45) is 5.11 Å². The second kappa shape index (κ2) is 4.39. The zero-order valence-corrected chi connectivity index (χ0v) is 8.06. The molecule has 0 aliphatic heterocycles. The second-order valence-electron chi connectivity index (χ2n) is 2.84. The normalized spacial score (nSPS) is 9.29. The molecule has 14 heavy (non-hydrogen) atoms. The molecule has 0 bridgehead atoms. The van der Waals surface area contributed by atoms with Crippen molar-refractivity contribution in [2.45, 2.75) is 20.3 Å². The van der Waals surface area contributed by atoms with Crippen LogP contribution in [-0.4, -0.2) is 10.9 Å². The van der Waals surface area contributed by atoms with Crippen LogP contribution in [0.1, 0.15) is 28.7 Å². The third-order valence-corrected chi connectivity index (χ3v) is 1.75. The number of pyridine rings is 1. The highest BCUT2D eigenvalue weighted by atomic mass is 16.1. The highest BCUT2D eigenvalue weighted by Crippen LogP contribution is 2.07. The van der Waals surface area contributed by atoms with Crippen molar-refractivity contribution in [3.05, 3.63) is 39.5 Å². The van der Waals surface area contributed by atoms with Gasteiger partial charge >= 0.3 is 0 Å². The summed E-state index contributed by atoms with van der Waals surface area (Å²) in [6, 6.07) is 3.25. The Hall–Kier alpha value is -1.87. The van der Waals surface area contributed by atoms with Gasteiger partial charge in [-0.2, -0.15) is 0 Å². The molecule has 1 heterocycles. The predicted octanol–water partition coefficient (Wildman–Crippen LogP) is 2.40. The average molecular weight is 190 g/mol. The van der Waals surface area contributed by atoms with Gasteiger partial charge in [0.25, 0.3) is 0 Å². The summed E-state index contributed by atoms with van der Waals surface area (Å²) < 4.78 is 0. The molecule has 0 aromatic carbocycles. The molecule has 0 N–H and O–H groups in total. The summed E-state index contributed by atoms with van der Waals surface area (Å²) in [5.74, 6) is -0.562. The minimum Gasteiger partial charge on any atom is -0.287 e. The molecule has 1 amide bonds. The summed E-state index contributed by atoms with van der Waals surface area (Å²) in [5, 5.41) is 3.03. The van der Waals surface area contributed by atoms with Crippen LogP contribution in [0.25, 0.3) is 10.4 Å². The van der Waals surface area contributed by atoms with Crippen LogP contribution in [0.5, 0.6) is 0 Å². The van der Waals surface area contributed by atoms with Gasteiger partial charge in [-0.1, -0.05) is 6.92 Å². The van der Waals surface area contributed by atoms with E-state index >= 15 is 0 Å². The fourth-order valence-corrected chi connectivity index (χ4v) is 1.14. The number of carbonyl (C=O) groups is 1. The van der Waals surface area contributed by atoms with E-state index < -0.39 is 5.91 Å². The van der Waals surface area contributed by atoms with Crippen molar-refractivity contribution in [3.63, 3.8) is 0 Å². The lowest BCUT2D eigenvalue weighted by Crippen LogP contribution is -1.99. The van der Waals surface area contributed by atoms with Crippen molar-refractivity contribution < 1.29 is 4.79 Å². The quantitative estimate of drug-likeness (QED) is 0.407. The molecule has 0 atom stereocenters. The van der Waals surface area contributed by atoms with Gasteiger partial charge in [0.2, 0.25) is 5.91 Å². The Labute approximate surface area is 81.4 Å². The molecule has 1 aromatic heterocycles. The molecule has 0 spiro atoms. The molecular formula is C9H10N4O. The highest BCUT2D eigenvalue weighted by Gasteiger charge is 2.05. The van der Waals surface area contributed by atoms with Crippen LogP contribution in [0.2, 0.25) is 0 Å². The molecule has 72 valence electrons. The summed E-state index contributed by atoms with van der Waals surface area (Å²) in [6.07, 6.45) is 0.748. The molecule has 0 saturated heterocycles. The van der Waals surface area contributed by atoms with Crippen molar-refractivity contribution in [1.82, 2.24) is 4.98 Å². The first-order valence-electron chi connectivity index (χ1n) is 4.24. The van der Waals surface area contributed by atoms with Crippen molar-refractivity contribution >= 4 is 5.91 Å². The monoisotopic (exact) mass is 190 g/mol. The maximum Gasteiger partial charge on any atom is 0.249 e. The van der Waals surface area contributed by atoms with Crippen LogP contribution >= 0.6 is 0 Å². The van der Waals surface area contributed by atoms with E-state index in [1.165, 1.54) is 0 Å². The van der Waals surface area contributed by atoms with E-state index in [0.29, 0.717) is 5.56 Å². The van der Waals surface area contributed by atoms with E-state index in [4.69, 9.17) is 5.53 Å². The fourth-order valence-electron chi connectivity index (χ4n) is 1.14. The Morgan fingerprint density at radius 2 is 2.36 bits per heavy atom. The summed E-state index contributed by atoms with van der Waals surface area (Å²) in [7, 11) is 0. The highest BCUT2D eigenvalue weighted by molar-refractivity contribution is 5.95. The standard InChI is InChI=1S/C9H10N4O/c1-3-8-5-7(4-6(2)11-8)9(14)12-13-10/h4-5H,3H2,1-2H3. The number of nitrogens with zero attached hydrogens (tertiary/aromatic N) is 4. The van der Waals surface area contributed by atoms with E-state index in [1.807, 2.05) is 6.92 Å². The number of azide groups is 1. The molecule has 5 heteroatoms. The number of carbonyl (C=O) groups excluding carboxylic acids is 1. The van der Waals surface area contributed by atoms with Gasteiger partial charge in [-0.05, 0) is 36.1 Å². The Kier molecular flexibility index (Phi) is 3.20. The zero-order valence-electron chi connectivity index (χ0n) is 8.06. The van der Waals surface area contributed by atoms with Crippen LogP contribution in [0.3, 0.4) is 0 Å². The van der Waals surface area contributed by atoms with E-state index in [2.05, 4.69) is 15.0 Å². The van der Waals surface area contributed by atoms with Gasteiger partial charge in [0.05, 0.1) is 0 Å². The van der Waals surface area contributed by atoms with Crippen molar-refractivity contribution in [2.75, 3.05) is 0 Å². The molecule has 0 saturated carbocycles. The lowest BCUT2D eigenvalue weighted by Gasteiger charge is -2.01. The van der Waals surface area contributed by atoms with E-state index in [1.54, 1.807) is 19.1 Å². The average Bonchev–Trinajstić information content (AvgIpc) is 2.17. The van der Waals surface area contributed by atoms with Crippen LogP contribution in [0, 0.1) is 6.92 Å². The Balaban J connectivity index is 3.14. The van der Waals surface area contributed by atoms with Gasteiger partial charge in [-0.3, -0.25) is 9.78 Å². The summed E-state index contributed by atoms with van der Waals surface area (Å²) in [5.41, 5.74) is 10.1. The molecule has 0 radical (unpaired) electrons. The lowest BCUT2D eigenvalue weighted by molar-refractivity contribution is 0.1000. The first-order valence-corrected chi connectivity index (χ1v) is 4.24. The number of aryl methyl sites for hydroxylation is 2. The first kappa shape index (κ1) is 10.2. The lowest BCUT2D eigenvalue weighted by atomic mass is 10.1. The van der Waals surface area contributed by atoms with Gasteiger partial charge < -0.3 is 0 Å². The molecule has 0 fully saturated rings. The summed E-state index contributed by atoms with van der Waals surface area (Å²) in [4.78, 5) is 17.9. The predicted molar refractivity (Wildman–Crippen MR) is 51.8 cm³/mol. The van der Waals surface area contributed by atoms with E-state index in [-0.39, 0.29) is 0 Å². The maximum atomic E-state index is 11.2. The van der Waals surface area contributed by atoms with Crippen LogP contribution in [0.15, 0.2) is 17.2 Å². The molecular weight excluding hydrogens is 180 g/mol. The van der Waals surface area contributed by atoms with Gasteiger partial charge in [0.1, 0.15) is 0 Å². The summed E-state index contributed by atoms with van der Waals surface area (Å²) >= 11 is 0. The molecule has 1 aromatic rings. The van der Waals surface area contributed by atoms with E-state index in [9.17, 15) is 4.79 Å². The molecule has 5 nitrogen and oxygen atoms in total. The second-order valence-corrected chi connectivity index (χ2v) is 2.84. The number of aromatic nitrogens is 1. The SMILES string of the molecule is CCc1cc(C(=O)N=[N+]=[N-])cc(C)n1. The van der Waals surface area contributed by atoms with E-state index in [0.717, 1.165) is 17.8 Å². The van der Waals surface area contributed by atoms with Gasteiger partial charge in [-0.25, -0.2) is 0 Å². The molecule has 0 aliphatic carbocycles. The topological polar surface area (TPSA) is 78.7 Å². The summed E-state index contributed by atoms with van der Waals surface area (Å²) in [6.45, 7) is 3.75. The minimum atomic E-state index is -0.562. The molecule has 0 aliphatic rings. The van der Waals surface area contributed by atoms with Crippen molar-refractivity contribution in [1.29, 1.82) is 0 Å². The van der Waals surface area contributed by atoms with Gasteiger partial charge in [-0.15, -0.1) is 0 Å². The molecule has 1 rings (SSSR count). The fraction of sp³-hybridized carbons (Fsp3) is 0.333.